The van der Waals surface area contributed by atoms with E-state index in [9.17, 15) is 0 Å². The van der Waals surface area contributed by atoms with E-state index in [0.717, 1.165) is 37.9 Å². The minimum Gasteiger partial charge on any atom is -0.496 e. The Morgan fingerprint density at radius 2 is 1.96 bits per heavy atom. The van der Waals surface area contributed by atoms with Crippen molar-refractivity contribution in [3.63, 3.8) is 0 Å². The summed E-state index contributed by atoms with van der Waals surface area (Å²) >= 11 is 0. The summed E-state index contributed by atoms with van der Waals surface area (Å²) in [7, 11) is 7.75. The molecule has 0 spiro atoms. The highest BCUT2D eigenvalue weighted by Gasteiger charge is 2.26. The summed E-state index contributed by atoms with van der Waals surface area (Å²) in [6.07, 6.45) is 4.59. The van der Waals surface area contributed by atoms with Crippen LogP contribution in [0.15, 0.2) is 47.6 Å². The summed E-state index contributed by atoms with van der Waals surface area (Å²) in [5, 5.41) is 3.60. The number of likely N-dealkylation sites (tertiary alicyclic amines) is 1. The molecule has 0 bridgehead atoms. The summed E-state index contributed by atoms with van der Waals surface area (Å²) in [5.74, 6) is 1.86. The number of aromatic nitrogens is 1. The Balaban J connectivity index is 1.72. The number of para-hydroxylation sites is 1. The molecule has 6 nitrogen and oxygen atoms in total. The predicted octanol–water partition coefficient (Wildman–Crippen LogP) is 2.88. The topological polar surface area (TPSA) is 45.0 Å². The third kappa shape index (κ3) is 4.68. The van der Waals surface area contributed by atoms with Crippen LogP contribution in [-0.4, -0.2) is 61.2 Å². The van der Waals surface area contributed by atoms with Gasteiger partial charge in [0.2, 0.25) is 0 Å². The maximum Gasteiger partial charge on any atom is 0.193 e. The van der Waals surface area contributed by atoms with Crippen molar-refractivity contribution in [2.45, 2.75) is 25.4 Å². The standard InChI is InChI=1S/C22H33N5O/c1-23-22(26(3)17-18-10-9-13-25(18)2)24-16-20(27-14-7-8-15-27)19-11-5-6-12-21(19)28-4/h5-6,9-13,20H,7-8,14-17H2,1-4H3,(H,23,24). The molecule has 3 rings (SSSR count). The van der Waals surface area contributed by atoms with Crippen molar-refractivity contribution in [1.82, 2.24) is 19.7 Å². The SMILES string of the molecule is CN=C(NCC(c1ccccc1OC)N1CCCC1)N(C)Cc1cccn1C. The molecular weight excluding hydrogens is 350 g/mol. The fourth-order valence-electron chi connectivity index (χ4n) is 3.98. The zero-order valence-corrected chi connectivity index (χ0v) is 17.6. The van der Waals surface area contributed by atoms with Crippen molar-refractivity contribution in [3.8, 4) is 5.75 Å². The first-order valence-electron chi connectivity index (χ1n) is 10.0. The van der Waals surface area contributed by atoms with Gasteiger partial charge >= 0.3 is 0 Å². The average Bonchev–Trinajstić information content (AvgIpc) is 3.38. The van der Waals surface area contributed by atoms with Gasteiger partial charge in [0.15, 0.2) is 5.96 Å². The molecule has 1 unspecified atom stereocenters. The monoisotopic (exact) mass is 383 g/mol. The van der Waals surface area contributed by atoms with Gasteiger partial charge in [-0.05, 0) is 44.1 Å². The van der Waals surface area contributed by atoms with E-state index in [1.165, 1.54) is 24.1 Å². The lowest BCUT2D eigenvalue weighted by Gasteiger charge is -2.31. The Morgan fingerprint density at radius 3 is 2.61 bits per heavy atom. The molecule has 1 atom stereocenters. The van der Waals surface area contributed by atoms with Gasteiger partial charge in [0.05, 0.1) is 19.7 Å². The van der Waals surface area contributed by atoms with E-state index in [2.05, 4.69) is 75.3 Å². The van der Waals surface area contributed by atoms with Crippen LogP contribution in [0, 0.1) is 0 Å². The number of hydrogen-bond donors (Lipinski definition) is 1. The summed E-state index contributed by atoms with van der Waals surface area (Å²) < 4.78 is 7.80. The lowest BCUT2D eigenvalue weighted by atomic mass is 10.0. The Labute approximate surface area is 168 Å². The molecule has 0 radical (unpaired) electrons. The number of guanidine groups is 1. The van der Waals surface area contributed by atoms with E-state index in [-0.39, 0.29) is 6.04 Å². The summed E-state index contributed by atoms with van der Waals surface area (Å²) in [6.45, 7) is 3.86. The molecule has 1 N–H and O–H groups in total. The fraction of sp³-hybridized carbons (Fsp3) is 0.500. The molecule has 1 saturated heterocycles. The van der Waals surface area contributed by atoms with Crippen molar-refractivity contribution < 1.29 is 4.74 Å². The Bertz CT molecular complexity index is 779. The van der Waals surface area contributed by atoms with E-state index < -0.39 is 0 Å². The first-order valence-corrected chi connectivity index (χ1v) is 10.0. The van der Waals surface area contributed by atoms with E-state index in [1.54, 1.807) is 7.11 Å². The maximum absolute atomic E-state index is 5.65. The Morgan fingerprint density at radius 1 is 1.21 bits per heavy atom. The van der Waals surface area contributed by atoms with Gasteiger partial charge in [-0.15, -0.1) is 0 Å². The van der Waals surface area contributed by atoms with Crippen LogP contribution < -0.4 is 10.1 Å². The van der Waals surface area contributed by atoms with E-state index in [1.807, 2.05) is 13.1 Å². The van der Waals surface area contributed by atoms with Crippen molar-refractivity contribution in [2.24, 2.45) is 12.0 Å². The fourth-order valence-corrected chi connectivity index (χ4v) is 3.98. The molecule has 0 amide bonds. The van der Waals surface area contributed by atoms with Crippen LogP contribution in [-0.2, 0) is 13.6 Å². The number of aliphatic imine (C=N–C) groups is 1. The molecule has 0 aliphatic carbocycles. The number of hydrogen-bond acceptors (Lipinski definition) is 3. The molecule has 1 aliphatic rings. The smallest absolute Gasteiger partial charge is 0.193 e. The second-order valence-corrected chi connectivity index (χ2v) is 7.40. The first-order chi connectivity index (χ1) is 13.6. The van der Waals surface area contributed by atoms with Crippen molar-refractivity contribution in [2.75, 3.05) is 40.8 Å². The van der Waals surface area contributed by atoms with Crippen LogP contribution in [0.1, 0.15) is 30.1 Å². The predicted molar refractivity (Wildman–Crippen MR) is 115 cm³/mol. The summed E-state index contributed by atoms with van der Waals surface area (Å²) in [5.41, 5.74) is 2.49. The van der Waals surface area contributed by atoms with Gasteiger partial charge in [-0.2, -0.15) is 0 Å². The van der Waals surface area contributed by atoms with E-state index in [0.29, 0.717) is 0 Å². The molecule has 0 saturated carbocycles. The molecule has 2 aromatic rings. The van der Waals surface area contributed by atoms with Gasteiger partial charge in [-0.3, -0.25) is 9.89 Å². The van der Waals surface area contributed by atoms with Crippen molar-refractivity contribution >= 4 is 5.96 Å². The van der Waals surface area contributed by atoms with Gasteiger partial charge in [0.1, 0.15) is 5.75 Å². The quantitative estimate of drug-likeness (QED) is 0.590. The largest absolute Gasteiger partial charge is 0.496 e. The lowest BCUT2D eigenvalue weighted by molar-refractivity contribution is 0.238. The van der Waals surface area contributed by atoms with Crippen LogP contribution in [0.3, 0.4) is 0 Å². The van der Waals surface area contributed by atoms with Crippen LogP contribution in [0.2, 0.25) is 0 Å². The number of benzene rings is 1. The molecule has 1 fully saturated rings. The van der Waals surface area contributed by atoms with Gasteiger partial charge in [-0.25, -0.2) is 0 Å². The van der Waals surface area contributed by atoms with E-state index in [4.69, 9.17) is 4.74 Å². The summed E-state index contributed by atoms with van der Waals surface area (Å²) in [4.78, 5) is 9.22. The number of rotatable bonds is 7. The molecule has 1 aromatic heterocycles. The number of aryl methyl sites for hydroxylation is 1. The minimum absolute atomic E-state index is 0.263. The molecule has 6 heteroatoms. The molecule has 2 heterocycles. The van der Waals surface area contributed by atoms with Gasteiger partial charge in [-0.1, -0.05) is 18.2 Å². The molecule has 1 aromatic carbocycles. The minimum atomic E-state index is 0.263. The average molecular weight is 384 g/mol. The van der Waals surface area contributed by atoms with Crippen LogP contribution in [0.4, 0.5) is 0 Å². The Kier molecular flexibility index (Phi) is 6.98. The molecule has 152 valence electrons. The van der Waals surface area contributed by atoms with Gasteiger partial charge in [0.25, 0.3) is 0 Å². The molecule has 28 heavy (non-hydrogen) atoms. The highest BCUT2D eigenvalue weighted by molar-refractivity contribution is 5.79. The number of nitrogens with zero attached hydrogens (tertiary/aromatic N) is 4. The van der Waals surface area contributed by atoms with Crippen molar-refractivity contribution in [1.29, 1.82) is 0 Å². The number of ether oxygens (including phenoxy) is 1. The highest BCUT2D eigenvalue weighted by Crippen LogP contribution is 2.31. The zero-order chi connectivity index (χ0) is 19.9. The van der Waals surface area contributed by atoms with Crippen LogP contribution >= 0.6 is 0 Å². The maximum atomic E-state index is 5.65. The van der Waals surface area contributed by atoms with Crippen molar-refractivity contribution in [3.05, 3.63) is 53.9 Å². The van der Waals surface area contributed by atoms with Gasteiger partial charge in [0, 0.05) is 45.1 Å². The van der Waals surface area contributed by atoms with E-state index >= 15 is 0 Å². The summed E-state index contributed by atoms with van der Waals surface area (Å²) in [6, 6.07) is 12.8. The lowest BCUT2D eigenvalue weighted by Crippen LogP contribution is -2.43. The third-order valence-electron chi connectivity index (χ3n) is 5.56. The van der Waals surface area contributed by atoms with Crippen LogP contribution in [0.25, 0.3) is 0 Å². The van der Waals surface area contributed by atoms with Crippen LogP contribution in [0.5, 0.6) is 5.75 Å². The number of nitrogens with one attached hydrogen (secondary N) is 1. The normalized spacial score (nSPS) is 16.2. The molecular formula is C22H33N5O. The zero-order valence-electron chi connectivity index (χ0n) is 17.6. The number of methoxy groups -OCH3 is 1. The highest BCUT2D eigenvalue weighted by atomic mass is 16.5. The molecule has 1 aliphatic heterocycles. The van der Waals surface area contributed by atoms with Gasteiger partial charge < -0.3 is 19.5 Å². The second-order valence-electron chi connectivity index (χ2n) is 7.40. The third-order valence-corrected chi connectivity index (χ3v) is 5.56. The first kappa shape index (κ1) is 20.3. The second kappa shape index (κ2) is 9.64. The Hall–Kier alpha value is -2.47.